The monoisotopic (exact) mass is 406 g/mol. The second kappa shape index (κ2) is 7.40. The molecule has 4 aromatic heterocycles. The molecule has 0 aliphatic carbocycles. The lowest BCUT2D eigenvalue weighted by Crippen LogP contribution is -2.44. The molecule has 1 aliphatic rings. The highest BCUT2D eigenvalue weighted by molar-refractivity contribution is 5.93. The van der Waals surface area contributed by atoms with E-state index < -0.39 is 5.91 Å². The Kier molecular flexibility index (Phi) is 4.44. The van der Waals surface area contributed by atoms with E-state index in [1.807, 2.05) is 0 Å². The average molecular weight is 406 g/mol. The van der Waals surface area contributed by atoms with Crippen LogP contribution in [-0.4, -0.2) is 61.6 Å². The van der Waals surface area contributed by atoms with Crippen molar-refractivity contribution in [2.24, 2.45) is 5.73 Å². The molecule has 1 saturated heterocycles. The molecule has 0 unspecified atom stereocenters. The number of piperazine rings is 1. The number of carbonyl (C=O) groups excluding carboxylic acids is 1. The van der Waals surface area contributed by atoms with Gasteiger partial charge in [0.15, 0.2) is 17.2 Å². The van der Waals surface area contributed by atoms with Crippen molar-refractivity contribution in [1.29, 1.82) is 0 Å². The highest BCUT2D eigenvalue weighted by Crippen LogP contribution is 2.25. The normalized spacial score (nSPS) is 14.2. The quantitative estimate of drug-likeness (QED) is 0.425. The van der Waals surface area contributed by atoms with Crippen molar-refractivity contribution in [2.45, 2.75) is 0 Å². The summed E-state index contributed by atoms with van der Waals surface area (Å²) in [4.78, 5) is 31.1. The summed E-state index contributed by atoms with van der Waals surface area (Å²) >= 11 is 0. The number of fused-ring (bicyclic) bond motifs is 1. The third-order valence-electron chi connectivity index (χ3n) is 4.74. The van der Waals surface area contributed by atoms with Gasteiger partial charge >= 0.3 is 0 Å². The van der Waals surface area contributed by atoms with Crippen molar-refractivity contribution in [1.82, 2.24) is 34.9 Å². The molecule has 0 aromatic carbocycles. The van der Waals surface area contributed by atoms with E-state index in [1.54, 1.807) is 23.1 Å². The van der Waals surface area contributed by atoms with Gasteiger partial charge in [-0.1, -0.05) is 0 Å². The zero-order valence-electron chi connectivity index (χ0n) is 15.8. The molecule has 5 rings (SSSR count). The van der Waals surface area contributed by atoms with E-state index in [9.17, 15) is 4.79 Å². The molecule has 0 bridgehead atoms. The number of furan rings is 1. The largest absolute Gasteiger partial charge is 0.462 e. The first-order valence-electron chi connectivity index (χ1n) is 9.31. The van der Waals surface area contributed by atoms with E-state index in [2.05, 4.69) is 40.6 Å². The zero-order chi connectivity index (χ0) is 20.5. The van der Waals surface area contributed by atoms with Crippen LogP contribution in [0.5, 0.6) is 0 Å². The van der Waals surface area contributed by atoms with Crippen molar-refractivity contribution in [2.75, 3.05) is 36.4 Å². The first kappa shape index (κ1) is 18.0. The Labute approximate surface area is 170 Å². The van der Waals surface area contributed by atoms with Crippen LogP contribution in [0.2, 0.25) is 0 Å². The molecule has 4 N–H and O–H groups in total. The molecule has 5 heterocycles. The van der Waals surface area contributed by atoms with Crippen LogP contribution in [0.3, 0.4) is 0 Å². The van der Waals surface area contributed by atoms with Crippen molar-refractivity contribution in [3.8, 4) is 11.5 Å². The van der Waals surface area contributed by atoms with Crippen LogP contribution >= 0.6 is 0 Å². The Hall–Kier alpha value is -4.06. The minimum Gasteiger partial charge on any atom is -0.462 e. The molecule has 0 spiro atoms. The van der Waals surface area contributed by atoms with Gasteiger partial charge in [-0.15, -0.1) is 0 Å². The molecule has 30 heavy (non-hydrogen) atoms. The zero-order valence-corrected chi connectivity index (χ0v) is 15.8. The van der Waals surface area contributed by atoms with Crippen LogP contribution in [0.15, 0.2) is 41.7 Å². The predicted molar refractivity (Wildman–Crippen MR) is 107 cm³/mol. The van der Waals surface area contributed by atoms with Gasteiger partial charge in [0, 0.05) is 26.2 Å². The summed E-state index contributed by atoms with van der Waals surface area (Å²) in [5.41, 5.74) is 7.24. The van der Waals surface area contributed by atoms with E-state index in [0.717, 1.165) is 26.2 Å². The third-order valence-corrected chi connectivity index (χ3v) is 4.74. The molecule has 0 saturated carbocycles. The lowest BCUT2D eigenvalue weighted by Gasteiger charge is -2.27. The summed E-state index contributed by atoms with van der Waals surface area (Å²) < 4.78 is 7.00. The number of aromatic nitrogens is 6. The Morgan fingerprint density at radius 1 is 1.13 bits per heavy atom. The van der Waals surface area contributed by atoms with E-state index >= 15 is 0 Å². The van der Waals surface area contributed by atoms with Gasteiger partial charge in [0.05, 0.1) is 29.8 Å². The van der Waals surface area contributed by atoms with Gasteiger partial charge in [0.2, 0.25) is 5.95 Å². The van der Waals surface area contributed by atoms with Crippen LogP contribution in [0.25, 0.3) is 17.1 Å². The Morgan fingerprint density at radius 2 is 1.93 bits per heavy atom. The number of hydrogen-bond donors (Lipinski definition) is 3. The fourth-order valence-electron chi connectivity index (χ4n) is 3.22. The number of nitrogens with one attached hydrogen (secondary N) is 2. The highest BCUT2D eigenvalue weighted by Gasteiger charge is 2.17. The van der Waals surface area contributed by atoms with Gasteiger partial charge in [-0.3, -0.25) is 4.79 Å². The number of anilines is 3. The summed E-state index contributed by atoms with van der Waals surface area (Å²) in [6.07, 6.45) is 7.69. The fraction of sp³-hybridized carbons (Fsp3) is 0.222. The molecule has 1 fully saturated rings. The van der Waals surface area contributed by atoms with Crippen molar-refractivity contribution in [3.63, 3.8) is 0 Å². The SMILES string of the molecule is NC(=O)c1coc(-c2cnc(Nc3cnc(N4CCNCC4)nc3)c3ncnn23)c1. The minimum atomic E-state index is -0.574. The first-order chi connectivity index (χ1) is 14.7. The second-order valence-electron chi connectivity index (χ2n) is 6.69. The van der Waals surface area contributed by atoms with Gasteiger partial charge in [-0.2, -0.15) is 5.10 Å². The molecule has 1 aliphatic heterocycles. The van der Waals surface area contributed by atoms with Gasteiger partial charge < -0.3 is 25.7 Å². The van der Waals surface area contributed by atoms with Gasteiger partial charge in [-0.25, -0.2) is 24.5 Å². The average Bonchev–Trinajstić information content (AvgIpc) is 3.46. The summed E-state index contributed by atoms with van der Waals surface area (Å²) in [6, 6.07) is 1.54. The Morgan fingerprint density at radius 3 is 2.67 bits per heavy atom. The summed E-state index contributed by atoms with van der Waals surface area (Å²) in [7, 11) is 0. The number of nitrogens with zero attached hydrogens (tertiary/aromatic N) is 7. The van der Waals surface area contributed by atoms with Gasteiger partial charge in [0.1, 0.15) is 18.3 Å². The first-order valence-corrected chi connectivity index (χ1v) is 9.31. The van der Waals surface area contributed by atoms with Gasteiger partial charge in [0.25, 0.3) is 5.91 Å². The minimum absolute atomic E-state index is 0.266. The number of nitrogens with two attached hydrogens (primary N) is 1. The number of rotatable bonds is 5. The van der Waals surface area contributed by atoms with E-state index in [-0.39, 0.29) is 5.56 Å². The molecule has 4 aromatic rings. The molecular formula is C18H18N10O2. The molecular weight excluding hydrogens is 388 g/mol. The maximum absolute atomic E-state index is 11.3. The lowest BCUT2D eigenvalue weighted by atomic mass is 10.2. The molecule has 0 radical (unpaired) electrons. The third kappa shape index (κ3) is 3.28. The molecule has 152 valence electrons. The Bertz CT molecular complexity index is 1190. The molecule has 1 amide bonds. The van der Waals surface area contributed by atoms with Crippen LogP contribution in [-0.2, 0) is 0 Å². The lowest BCUT2D eigenvalue weighted by molar-refractivity contribution is 0.0999. The number of primary amides is 1. The number of carbonyl (C=O) groups is 1. The van der Waals surface area contributed by atoms with Gasteiger partial charge in [-0.05, 0) is 6.07 Å². The topological polar surface area (TPSA) is 152 Å². The van der Waals surface area contributed by atoms with E-state index in [1.165, 1.54) is 18.7 Å². The van der Waals surface area contributed by atoms with Crippen LogP contribution < -0.4 is 21.3 Å². The number of amides is 1. The summed E-state index contributed by atoms with van der Waals surface area (Å²) in [5, 5.41) is 10.7. The van der Waals surface area contributed by atoms with Crippen LogP contribution in [0, 0.1) is 0 Å². The predicted octanol–water partition coefficient (Wildman–Crippen LogP) is 0.426. The highest BCUT2D eigenvalue weighted by atomic mass is 16.3. The smallest absolute Gasteiger partial charge is 0.251 e. The number of hydrogen-bond acceptors (Lipinski definition) is 10. The maximum Gasteiger partial charge on any atom is 0.251 e. The van der Waals surface area contributed by atoms with Crippen molar-refractivity contribution < 1.29 is 9.21 Å². The van der Waals surface area contributed by atoms with Crippen molar-refractivity contribution >= 4 is 29.0 Å². The van der Waals surface area contributed by atoms with Crippen molar-refractivity contribution in [3.05, 3.63) is 42.8 Å². The Balaban J connectivity index is 1.41. The second-order valence-corrected chi connectivity index (χ2v) is 6.69. The molecule has 0 atom stereocenters. The summed E-state index contributed by atoms with van der Waals surface area (Å²) in [6.45, 7) is 3.59. The van der Waals surface area contributed by atoms with E-state index in [0.29, 0.717) is 34.6 Å². The van der Waals surface area contributed by atoms with Crippen LogP contribution in [0.1, 0.15) is 10.4 Å². The fourth-order valence-corrected chi connectivity index (χ4v) is 3.22. The van der Waals surface area contributed by atoms with Crippen LogP contribution in [0.4, 0.5) is 17.5 Å². The molecule has 12 heteroatoms. The summed E-state index contributed by atoms with van der Waals surface area (Å²) in [5.74, 6) is 1.01. The van der Waals surface area contributed by atoms with E-state index in [4.69, 9.17) is 10.2 Å². The maximum atomic E-state index is 11.3. The standard InChI is InChI=1S/C18H18N10O2/c19-15(29)11-5-14(30-9-11)13-8-21-16(17-24-10-25-28(13)17)26-12-6-22-18(23-7-12)27-3-1-20-2-4-27/h5-10,20H,1-4H2,(H2,19,29)(H,21,26). The molecule has 12 nitrogen and oxygen atoms in total.